The Morgan fingerprint density at radius 2 is 1.81 bits per heavy atom. The van der Waals surface area contributed by atoms with E-state index in [1.54, 1.807) is 24.3 Å². The molecule has 0 radical (unpaired) electrons. The Bertz CT molecular complexity index is 1240. The first-order valence-corrected chi connectivity index (χ1v) is 12.7. The summed E-state index contributed by atoms with van der Waals surface area (Å²) in [5.41, 5.74) is 1.96. The predicted octanol–water partition coefficient (Wildman–Crippen LogP) is 1.91. The van der Waals surface area contributed by atoms with Crippen LogP contribution in [-0.4, -0.2) is 60.6 Å². The average molecular weight is 468 g/mol. The fourth-order valence-corrected chi connectivity index (χ4v) is 5.94. The molecule has 0 fully saturated rings. The Morgan fingerprint density at radius 3 is 2.39 bits per heavy atom. The Balaban J connectivity index is 1.91. The molecule has 0 saturated heterocycles. The number of sulfonamides is 2. The Labute approximate surface area is 182 Å². The second-order valence-electron chi connectivity index (χ2n) is 7.56. The SMILES string of the molecule is COc1ccc(NC(=O)c2ccc3c(c2)C[C@H](C)N3S(C)(=O)=O)cc1S(=O)(=O)N(C)C. The predicted molar refractivity (Wildman–Crippen MR) is 119 cm³/mol. The highest BCUT2D eigenvalue weighted by molar-refractivity contribution is 7.92. The lowest BCUT2D eigenvalue weighted by atomic mass is 10.1. The zero-order chi connectivity index (χ0) is 23.1. The summed E-state index contributed by atoms with van der Waals surface area (Å²) in [5, 5.41) is 2.70. The summed E-state index contributed by atoms with van der Waals surface area (Å²) in [6, 6.07) is 8.95. The minimum atomic E-state index is -3.78. The fourth-order valence-electron chi connectivity index (χ4n) is 3.61. The summed E-state index contributed by atoms with van der Waals surface area (Å²) >= 11 is 0. The molecule has 0 spiro atoms. The van der Waals surface area contributed by atoms with E-state index >= 15 is 0 Å². The van der Waals surface area contributed by atoms with Gasteiger partial charge in [-0.15, -0.1) is 0 Å². The maximum Gasteiger partial charge on any atom is 0.255 e. The standard InChI is InChI=1S/C20H25N3O6S2/c1-13-10-15-11-14(6-8-17(15)23(13)30(5,25)26)20(24)21-16-7-9-18(29-4)19(12-16)31(27,28)22(2)3/h6-9,11-13H,10H2,1-5H3,(H,21,24)/t13-/m0/s1. The maximum atomic E-state index is 12.8. The van der Waals surface area contributed by atoms with Crippen LogP contribution in [-0.2, 0) is 26.5 Å². The molecule has 2 aromatic carbocycles. The first-order chi connectivity index (χ1) is 14.4. The van der Waals surface area contributed by atoms with E-state index < -0.39 is 26.0 Å². The normalized spacial score (nSPS) is 16.3. The Kier molecular flexibility index (Phi) is 6.05. The van der Waals surface area contributed by atoms with Crippen molar-refractivity contribution in [3.8, 4) is 5.75 Å². The molecule has 1 amide bonds. The molecule has 2 aromatic rings. The molecule has 1 heterocycles. The van der Waals surface area contributed by atoms with Gasteiger partial charge in [-0.05, 0) is 55.3 Å². The third kappa shape index (κ3) is 4.39. The van der Waals surface area contributed by atoms with Crippen molar-refractivity contribution in [2.75, 3.05) is 37.1 Å². The first kappa shape index (κ1) is 23.0. The van der Waals surface area contributed by atoms with Crippen LogP contribution >= 0.6 is 0 Å². The number of carbonyl (C=O) groups is 1. The molecule has 1 N–H and O–H groups in total. The van der Waals surface area contributed by atoms with Gasteiger partial charge in [-0.2, -0.15) is 0 Å². The zero-order valence-corrected chi connectivity index (χ0v) is 19.5. The van der Waals surface area contributed by atoms with E-state index in [0.717, 1.165) is 16.1 Å². The highest BCUT2D eigenvalue weighted by atomic mass is 32.2. The maximum absolute atomic E-state index is 12.8. The average Bonchev–Trinajstić information content (AvgIpc) is 3.02. The van der Waals surface area contributed by atoms with Crippen LogP contribution in [0.1, 0.15) is 22.8 Å². The van der Waals surface area contributed by atoms with E-state index in [9.17, 15) is 21.6 Å². The van der Waals surface area contributed by atoms with Crippen LogP contribution in [0.4, 0.5) is 11.4 Å². The van der Waals surface area contributed by atoms with Crippen molar-refractivity contribution in [1.29, 1.82) is 0 Å². The number of anilines is 2. The topological polar surface area (TPSA) is 113 Å². The number of carbonyl (C=O) groups excluding carboxylic acids is 1. The third-order valence-corrected chi connectivity index (χ3v) is 8.14. The van der Waals surface area contributed by atoms with E-state index in [4.69, 9.17) is 4.74 Å². The van der Waals surface area contributed by atoms with Gasteiger partial charge < -0.3 is 10.1 Å². The lowest BCUT2D eigenvalue weighted by Gasteiger charge is -2.21. The summed E-state index contributed by atoms with van der Waals surface area (Å²) in [5.74, 6) is -0.272. The van der Waals surface area contributed by atoms with Crippen molar-refractivity contribution in [2.24, 2.45) is 0 Å². The van der Waals surface area contributed by atoms with E-state index in [2.05, 4.69) is 5.32 Å². The van der Waals surface area contributed by atoms with Crippen molar-refractivity contribution in [2.45, 2.75) is 24.3 Å². The van der Waals surface area contributed by atoms with Gasteiger partial charge in [0.15, 0.2) is 0 Å². The molecule has 0 aliphatic carbocycles. The van der Waals surface area contributed by atoms with Gasteiger partial charge in [-0.1, -0.05) is 0 Å². The number of hydrogen-bond donors (Lipinski definition) is 1. The molecule has 31 heavy (non-hydrogen) atoms. The molecule has 168 valence electrons. The molecular weight excluding hydrogens is 442 g/mol. The largest absolute Gasteiger partial charge is 0.495 e. The zero-order valence-electron chi connectivity index (χ0n) is 17.9. The molecule has 11 heteroatoms. The van der Waals surface area contributed by atoms with Crippen molar-refractivity contribution < 1.29 is 26.4 Å². The number of amides is 1. The summed E-state index contributed by atoms with van der Waals surface area (Å²) < 4.78 is 56.8. The number of benzene rings is 2. The smallest absolute Gasteiger partial charge is 0.255 e. The monoisotopic (exact) mass is 467 g/mol. The number of ether oxygens (including phenoxy) is 1. The quantitative estimate of drug-likeness (QED) is 0.694. The van der Waals surface area contributed by atoms with Gasteiger partial charge in [0.25, 0.3) is 5.91 Å². The highest BCUT2D eigenvalue weighted by Gasteiger charge is 2.33. The molecule has 3 rings (SSSR count). The van der Waals surface area contributed by atoms with Crippen LogP contribution in [0.15, 0.2) is 41.3 Å². The van der Waals surface area contributed by atoms with Crippen LogP contribution < -0.4 is 14.4 Å². The van der Waals surface area contributed by atoms with Gasteiger partial charge in [0.2, 0.25) is 20.0 Å². The first-order valence-electron chi connectivity index (χ1n) is 9.40. The Morgan fingerprint density at radius 1 is 1.13 bits per heavy atom. The van der Waals surface area contributed by atoms with Crippen LogP contribution in [0.2, 0.25) is 0 Å². The lowest BCUT2D eigenvalue weighted by molar-refractivity contribution is 0.102. The second-order valence-corrected chi connectivity index (χ2v) is 11.5. The molecule has 0 aromatic heterocycles. The van der Waals surface area contributed by atoms with Gasteiger partial charge >= 0.3 is 0 Å². The van der Waals surface area contributed by atoms with Gasteiger partial charge in [-0.25, -0.2) is 21.1 Å². The molecule has 1 aliphatic rings. The van der Waals surface area contributed by atoms with E-state index in [1.807, 2.05) is 6.92 Å². The summed E-state index contributed by atoms with van der Waals surface area (Å²) in [6.07, 6.45) is 1.65. The van der Waals surface area contributed by atoms with Crippen molar-refractivity contribution in [3.63, 3.8) is 0 Å². The summed E-state index contributed by atoms with van der Waals surface area (Å²) in [7, 11) is -3.02. The number of methoxy groups -OCH3 is 1. The second kappa shape index (κ2) is 8.13. The molecule has 0 unspecified atom stereocenters. The van der Waals surface area contributed by atoms with E-state index in [1.165, 1.54) is 37.6 Å². The van der Waals surface area contributed by atoms with Crippen molar-refractivity contribution >= 4 is 37.3 Å². The molecule has 0 saturated carbocycles. The molecule has 1 aliphatic heterocycles. The molecule has 9 nitrogen and oxygen atoms in total. The van der Waals surface area contributed by atoms with Gasteiger partial charge in [0, 0.05) is 31.4 Å². The summed E-state index contributed by atoms with van der Waals surface area (Å²) in [4.78, 5) is 12.7. The molecule has 0 bridgehead atoms. The van der Waals surface area contributed by atoms with Crippen LogP contribution in [0.5, 0.6) is 5.75 Å². The third-order valence-electron chi connectivity index (χ3n) is 5.03. The van der Waals surface area contributed by atoms with Crippen molar-refractivity contribution in [3.05, 3.63) is 47.5 Å². The number of fused-ring (bicyclic) bond motifs is 1. The lowest BCUT2D eigenvalue weighted by Crippen LogP contribution is -2.34. The molecule has 1 atom stereocenters. The minimum Gasteiger partial charge on any atom is -0.495 e. The van der Waals surface area contributed by atoms with E-state index in [0.29, 0.717) is 17.7 Å². The van der Waals surface area contributed by atoms with Crippen LogP contribution in [0, 0.1) is 0 Å². The van der Waals surface area contributed by atoms with Gasteiger partial charge in [-0.3, -0.25) is 9.10 Å². The highest BCUT2D eigenvalue weighted by Crippen LogP contribution is 2.35. The summed E-state index contributed by atoms with van der Waals surface area (Å²) in [6.45, 7) is 1.81. The molecular formula is C20H25N3O6S2. The number of nitrogens with zero attached hydrogens (tertiary/aromatic N) is 2. The number of hydrogen-bond acceptors (Lipinski definition) is 6. The van der Waals surface area contributed by atoms with E-state index in [-0.39, 0.29) is 22.4 Å². The van der Waals surface area contributed by atoms with Crippen LogP contribution in [0.25, 0.3) is 0 Å². The Hall–Kier alpha value is -2.63. The van der Waals surface area contributed by atoms with Gasteiger partial charge in [0.1, 0.15) is 10.6 Å². The minimum absolute atomic E-state index is 0.0654. The fraction of sp³-hybridized carbons (Fsp3) is 0.350. The number of rotatable bonds is 6. The van der Waals surface area contributed by atoms with Crippen LogP contribution in [0.3, 0.4) is 0 Å². The number of nitrogens with one attached hydrogen (secondary N) is 1. The van der Waals surface area contributed by atoms with Crippen molar-refractivity contribution in [1.82, 2.24) is 4.31 Å². The van der Waals surface area contributed by atoms with Gasteiger partial charge in [0.05, 0.1) is 19.1 Å².